The lowest BCUT2D eigenvalue weighted by atomic mass is 10.0. The van der Waals surface area contributed by atoms with E-state index in [1.165, 1.54) is 6.07 Å². The lowest BCUT2D eigenvalue weighted by molar-refractivity contribution is -0.122. The average molecular weight is 335 g/mol. The third-order valence-corrected chi connectivity index (χ3v) is 4.19. The Labute approximate surface area is 141 Å². The summed E-state index contributed by atoms with van der Waals surface area (Å²) in [5.74, 6) is -0.323. The summed E-state index contributed by atoms with van der Waals surface area (Å²) in [5.41, 5.74) is 7.62. The number of amides is 1. The van der Waals surface area contributed by atoms with Crippen LogP contribution in [-0.4, -0.2) is 5.91 Å². The van der Waals surface area contributed by atoms with Gasteiger partial charge in [0.25, 0.3) is 0 Å². The van der Waals surface area contributed by atoms with Gasteiger partial charge in [-0.2, -0.15) is 0 Å². The number of anilines is 1. The van der Waals surface area contributed by atoms with Crippen LogP contribution < -0.4 is 11.1 Å². The number of carbonyl (C=O) groups excluding carboxylic acids is 1. The summed E-state index contributed by atoms with van der Waals surface area (Å²) < 4.78 is 13.9. The first kappa shape index (κ1) is 17.3. The van der Waals surface area contributed by atoms with Gasteiger partial charge in [0.05, 0.1) is 5.54 Å². The van der Waals surface area contributed by atoms with Gasteiger partial charge in [-0.3, -0.25) is 4.79 Å². The second kappa shape index (κ2) is 7.01. The number of nitrogens with two attached hydrogens (primary N) is 1. The molecular weight excluding hydrogens is 315 g/mol. The molecule has 0 unspecified atom stereocenters. The molecule has 0 heterocycles. The van der Waals surface area contributed by atoms with Crippen LogP contribution in [0.15, 0.2) is 48.5 Å². The van der Waals surface area contributed by atoms with Crippen molar-refractivity contribution in [2.75, 3.05) is 5.73 Å². The third-order valence-electron chi connectivity index (χ3n) is 4.19. The van der Waals surface area contributed by atoms with Crippen molar-refractivity contribution in [2.24, 2.45) is 0 Å². The van der Waals surface area contributed by atoms with Gasteiger partial charge in [0.1, 0.15) is 5.82 Å². The molecule has 1 saturated carbocycles. The fraction of sp³-hybridized carbons (Fsp3) is 0.278. The van der Waals surface area contributed by atoms with Crippen LogP contribution in [0.1, 0.15) is 30.4 Å². The molecule has 23 heavy (non-hydrogen) atoms. The smallest absolute Gasteiger partial charge is 0.221 e. The summed E-state index contributed by atoms with van der Waals surface area (Å²) >= 11 is 0. The van der Waals surface area contributed by atoms with Crippen molar-refractivity contribution in [3.63, 3.8) is 0 Å². The number of hydrogen-bond donors (Lipinski definition) is 2. The van der Waals surface area contributed by atoms with Crippen LogP contribution in [0.2, 0.25) is 0 Å². The summed E-state index contributed by atoms with van der Waals surface area (Å²) in [5, 5.41) is 2.99. The fourth-order valence-corrected chi connectivity index (χ4v) is 2.78. The zero-order chi connectivity index (χ0) is 15.6. The fourth-order valence-electron chi connectivity index (χ4n) is 2.78. The standard InChI is InChI=1S/C18H19FN2O.ClH/c19-15-7-3-2-6-14(15)18(11-12-18)21-17(22)10-9-13-5-1-4-8-16(13)20;/h1-8H,9-12,20H2,(H,21,22);1H. The van der Waals surface area contributed by atoms with Crippen molar-refractivity contribution in [1.29, 1.82) is 0 Å². The van der Waals surface area contributed by atoms with Crippen LogP contribution in [0, 0.1) is 5.82 Å². The molecule has 0 saturated heterocycles. The van der Waals surface area contributed by atoms with Crippen molar-refractivity contribution in [3.05, 3.63) is 65.5 Å². The van der Waals surface area contributed by atoms with Crippen molar-refractivity contribution < 1.29 is 9.18 Å². The van der Waals surface area contributed by atoms with Crippen LogP contribution in [-0.2, 0) is 16.8 Å². The van der Waals surface area contributed by atoms with E-state index >= 15 is 0 Å². The molecule has 1 aliphatic rings. The van der Waals surface area contributed by atoms with E-state index < -0.39 is 5.54 Å². The highest BCUT2D eigenvalue weighted by atomic mass is 35.5. The first-order valence-electron chi connectivity index (χ1n) is 7.50. The Morgan fingerprint density at radius 1 is 1.13 bits per heavy atom. The molecule has 0 spiro atoms. The Kier molecular flexibility index (Phi) is 5.26. The van der Waals surface area contributed by atoms with Gasteiger partial charge >= 0.3 is 0 Å². The number of halogens is 2. The van der Waals surface area contributed by atoms with E-state index in [0.29, 0.717) is 24.1 Å². The topological polar surface area (TPSA) is 55.1 Å². The van der Waals surface area contributed by atoms with Crippen LogP contribution in [0.3, 0.4) is 0 Å². The predicted octanol–water partition coefficient (Wildman–Crippen LogP) is 3.57. The molecule has 5 heteroatoms. The second-order valence-corrected chi connectivity index (χ2v) is 5.81. The lowest BCUT2D eigenvalue weighted by Gasteiger charge is -2.18. The molecule has 0 radical (unpaired) electrons. The van der Waals surface area contributed by atoms with Crippen LogP contribution in [0.5, 0.6) is 0 Å². The van der Waals surface area contributed by atoms with Gasteiger partial charge < -0.3 is 11.1 Å². The molecule has 3 N–H and O–H groups in total. The maximum absolute atomic E-state index is 13.9. The summed E-state index contributed by atoms with van der Waals surface area (Å²) in [6.07, 6.45) is 2.51. The number of para-hydroxylation sites is 1. The monoisotopic (exact) mass is 334 g/mol. The predicted molar refractivity (Wildman–Crippen MR) is 91.9 cm³/mol. The maximum Gasteiger partial charge on any atom is 0.221 e. The van der Waals surface area contributed by atoms with Gasteiger partial charge in [0.15, 0.2) is 0 Å². The van der Waals surface area contributed by atoms with E-state index in [1.807, 2.05) is 24.3 Å². The Balaban J connectivity index is 0.00000192. The van der Waals surface area contributed by atoms with E-state index in [0.717, 1.165) is 18.4 Å². The summed E-state index contributed by atoms with van der Waals surface area (Å²) in [7, 11) is 0. The number of benzene rings is 2. The number of carbonyl (C=O) groups is 1. The molecule has 0 atom stereocenters. The van der Waals surface area contributed by atoms with Gasteiger partial charge in [-0.15, -0.1) is 12.4 Å². The molecule has 122 valence electrons. The molecule has 3 nitrogen and oxygen atoms in total. The Bertz CT molecular complexity index is 701. The van der Waals surface area contributed by atoms with Gasteiger partial charge in [-0.05, 0) is 37.0 Å². The summed E-state index contributed by atoms with van der Waals surface area (Å²) in [6.45, 7) is 0. The number of nitrogen functional groups attached to an aromatic ring is 1. The van der Waals surface area contributed by atoms with Crippen molar-refractivity contribution in [2.45, 2.75) is 31.2 Å². The number of rotatable bonds is 5. The Morgan fingerprint density at radius 2 is 1.78 bits per heavy atom. The first-order valence-corrected chi connectivity index (χ1v) is 7.50. The van der Waals surface area contributed by atoms with Gasteiger partial charge in [0.2, 0.25) is 5.91 Å². The van der Waals surface area contributed by atoms with Crippen molar-refractivity contribution in [1.82, 2.24) is 5.32 Å². The van der Waals surface area contributed by atoms with Crippen LogP contribution >= 0.6 is 12.4 Å². The second-order valence-electron chi connectivity index (χ2n) is 5.81. The number of nitrogens with one attached hydrogen (secondary N) is 1. The van der Waals surface area contributed by atoms with E-state index in [4.69, 9.17) is 5.73 Å². The van der Waals surface area contributed by atoms with Crippen LogP contribution in [0.4, 0.5) is 10.1 Å². The Morgan fingerprint density at radius 3 is 2.43 bits per heavy atom. The SMILES string of the molecule is Cl.Nc1ccccc1CCC(=O)NC1(c2ccccc2F)CC1. The summed E-state index contributed by atoms with van der Waals surface area (Å²) in [6, 6.07) is 14.2. The molecule has 0 bridgehead atoms. The average Bonchev–Trinajstić information content (AvgIpc) is 3.27. The minimum atomic E-state index is -0.509. The molecule has 2 aromatic rings. The zero-order valence-electron chi connectivity index (χ0n) is 12.7. The van der Waals surface area contributed by atoms with Crippen LogP contribution in [0.25, 0.3) is 0 Å². The molecule has 2 aromatic carbocycles. The molecular formula is C18H20ClFN2O. The molecule has 0 aliphatic heterocycles. The minimum absolute atomic E-state index is 0. The Hall–Kier alpha value is -2.07. The molecule has 0 aromatic heterocycles. The zero-order valence-corrected chi connectivity index (χ0v) is 13.5. The lowest BCUT2D eigenvalue weighted by Crippen LogP contribution is -2.35. The molecule has 1 fully saturated rings. The van der Waals surface area contributed by atoms with Gasteiger partial charge in [-0.25, -0.2) is 4.39 Å². The normalized spacial score (nSPS) is 14.7. The van der Waals surface area contributed by atoms with Gasteiger partial charge in [-0.1, -0.05) is 36.4 Å². The summed E-state index contributed by atoms with van der Waals surface area (Å²) in [4.78, 5) is 12.2. The van der Waals surface area contributed by atoms with E-state index in [2.05, 4.69) is 5.32 Å². The van der Waals surface area contributed by atoms with Crippen molar-refractivity contribution >= 4 is 24.0 Å². The first-order chi connectivity index (χ1) is 10.6. The third kappa shape index (κ3) is 3.82. The van der Waals surface area contributed by atoms with Gasteiger partial charge in [0, 0.05) is 17.7 Å². The van der Waals surface area contributed by atoms with E-state index in [-0.39, 0.29) is 24.1 Å². The largest absolute Gasteiger partial charge is 0.399 e. The molecule has 1 aliphatic carbocycles. The highest BCUT2D eigenvalue weighted by molar-refractivity contribution is 5.85. The number of aryl methyl sites for hydroxylation is 1. The quantitative estimate of drug-likeness (QED) is 0.821. The molecule has 1 amide bonds. The van der Waals surface area contributed by atoms with E-state index in [1.54, 1.807) is 18.2 Å². The van der Waals surface area contributed by atoms with Crippen molar-refractivity contribution in [3.8, 4) is 0 Å². The highest BCUT2D eigenvalue weighted by Gasteiger charge is 2.47. The number of hydrogen-bond acceptors (Lipinski definition) is 2. The maximum atomic E-state index is 13.9. The highest BCUT2D eigenvalue weighted by Crippen LogP contribution is 2.46. The molecule has 3 rings (SSSR count). The van der Waals surface area contributed by atoms with E-state index in [9.17, 15) is 9.18 Å². The minimum Gasteiger partial charge on any atom is -0.399 e.